The average molecular weight is 399 g/mol. The zero-order valence-electron chi connectivity index (χ0n) is 17.7. The quantitative estimate of drug-likeness (QED) is 0.772. The number of aryl methyl sites for hydroxylation is 1. The van der Waals surface area contributed by atoms with E-state index in [0.29, 0.717) is 30.8 Å². The van der Waals surface area contributed by atoms with Gasteiger partial charge in [0.05, 0.1) is 13.2 Å². The molecular weight excluding hydrogens is 364 g/mol. The second-order valence-electron chi connectivity index (χ2n) is 9.74. The summed E-state index contributed by atoms with van der Waals surface area (Å²) in [5, 5.41) is 6.83. The molecule has 1 saturated heterocycles. The Kier molecular flexibility index (Phi) is 5.19. The smallest absolute Gasteiger partial charge is 0.237 e. The van der Waals surface area contributed by atoms with Crippen LogP contribution in [-0.2, 0) is 11.2 Å². The molecule has 6 rings (SSSR count). The highest BCUT2D eigenvalue weighted by Crippen LogP contribution is 2.53. The normalized spacial score (nSPS) is 37.5. The summed E-state index contributed by atoms with van der Waals surface area (Å²) in [6, 6.07) is 6.35. The molecule has 4 aliphatic carbocycles. The van der Waals surface area contributed by atoms with Gasteiger partial charge >= 0.3 is 0 Å². The lowest BCUT2D eigenvalue weighted by Gasteiger charge is -2.54. The summed E-state index contributed by atoms with van der Waals surface area (Å²) in [6.07, 6.45) is 8.42. The van der Waals surface area contributed by atoms with Crippen LogP contribution in [0.1, 0.15) is 51.0 Å². The summed E-state index contributed by atoms with van der Waals surface area (Å²) in [6.45, 7) is 2.82. The van der Waals surface area contributed by atoms with Gasteiger partial charge in [-0.2, -0.15) is 0 Å². The SMILES string of the molecule is CCc1ccc(O[C@@H]2CN[C@H](C(=O)NC3C4CC5CC(C4)CC3C5)C2)c(OC)c1. The van der Waals surface area contributed by atoms with E-state index in [1.54, 1.807) is 7.11 Å². The van der Waals surface area contributed by atoms with Crippen molar-refractivity contribution in [2.45, 2.75) is 70.1 Å². The van der Waals surface area contributed by atoms with Crippen molar-refractivity contribution in [3.05, 3.63) is 23.8 Å². The Balaban J connectivity index is 1.17. The first kappa shape index (κ1) is 19.2. The van der Waals surface area contributed by atoms with E-state index in [0.717, 1.165) is 29.8 Å². The molecule has 4 saturated carbocycles. The van der Waals surface area contributed by atoms with Crippen LogP contribution in [0.4, 0.5) is 0 Å². The number of rotatable bonds is 6. The fourth-order valence-electron chi connectivity index (χ4n) is 6.63. The second-order valence-corrected chi connectivity index (χ2v) is 9.74. The van der Waals surface area contributed by atoms with E-state index in [-0.39, 0.29) is 18.1 Å². The topological polar surface area (TPSA) is 59.6 Å². The summed E-state index contributed by atoms with van der Waals surface area (Å²) in [7, 11) is 1.68. The largest absolute Gasteiger partial charge is 0.493 e. The zero-order chi connectivity index (χ0) is 20.0. The molecule has 0 radical (unpaired) electrons. The van der Waals surface area contributed by atoms with Crippen LogP contribution in [0.25, 0.3) is 0 Å². The number of methoxy groups -OCH3 is 1. The van der Waals surface area contributed by atoms with E-state index in [1.807, 2.05) is 12.1 Å². The summed E-state index contributed by atoms with van der Waals surface area (Å²) in [5.74, 6) is 4.99. The highest BCUT2D eigenvalue weighted by atomic mass is 16.5. The molecule has 29 heavy (non-hydrogen) atoms. The maximum Gasteiger partial charge on any atom is 0.237 e. The van der Waals surface area contributed by atoms with Crippen LogP contribution in [-0.4, -0.2) is 37.7 Å². The van der Waals surface area contributed by atoms with Gasteiger partial charge in [-0.15, -0.1) is 0 Å². The van der Waals surface area contributed by atoms with Crippen LogP contribution in [0, 0.1) is 23.7 Å². The second kappa shape index (κ2) is 7.82. The van der Waals surface area contributed by atoms with Gasteiger partial charge in [-0.1, -0.05) is 13.0 Å². The lowest BCUT2D eigenvalue weighted by atomic mass is 9.54. The highest BCUT2D eigenvalue weighted by molar-refractivity contribution is 5.82. The van der Waals surface area contributed by atoms with Crippen molar-refractivity contribution in [1.29, 1.82) is 0 Å². The first-order valence-corrected chi connectivity index (χ1v) is 11.5. The molecule has 0 unspecified atom stereocenters. The van der Waals surface area contributed by atoms with E-state index in [1.165, 1.54) is 37.7 Å². The van der Waals surface area contributed by atoms with Gasteiger partial charge in [0.15, 0.2) is 11.5 Å². The molecule has 1 aliphatic heterocycles. The molecule has 5 fully saturated rings. The minimum atomic E-state index is -0.155. The van der Waals surface area contributed by atoms with Crippen molar-refractivity contribution in [2.75, 3.05) is 13.7 Å². The van der Waals surface area contributed by atoms with Crippen molar-refractivity contribution in [3.63, 3.8) is 0 Å². The molecule has 5 aliphatic rings. The molecule has 5 heteroatoms. The van der Waals surface area contributed by atoms with Gasteiger partial charge in [0.25, 0.3) is 0 Å². The monoisotopic (exact) mass is 398 g/mol. The maximum absolute atomic E-state index is 13.0. The lowest BCUT2D eigenvalue weighted by molar-refractivity contribution is -0.126. The fraction of sp³-hybridized carbons (Fsp3) is 0.708. The van der Waals surface area contributed by atoms with Crippen LogP contribution in [0.2, 0.25) is 0 Å². The molecule has 1 aromatic rings. The van der Waals surface area contributed by atoms with Crippen LogP contribution in [0.3, 0.4) is 0 Å². The molecule has 2 N–H and O–H groups in total. The summed E-state index contributed by atoms with van der Waals surface area (Å²) >= 11 is 0. The predicted octanol–water partition coefficient (Wildman–Crippen LogP) is 3.31. The standard InChI is InChI=1S/C24H34N2O3/c1-3-14-4-5-21(22(11-14)28-2)29-19-12-20(25-13-19)24(27)26-23-17-7-15-6-16(9-17)10-18(23)8-15/h4-5,11,15-20,23,25H,3,6-10,12-13H2,1-2H3,(H,26,27)/t15?,16?,17?,18?,19-,20-,23?/m0/s1. The van der Waals surface area contributed by atoms with Crippen molar-refractivity contribution in [2.24, 2.45) is 23.7 Å². The van der Waals surface area contributed by atoms with Crippen molar-refractivity contribution < 1.29 is 14.3 Å². The maximum atomic E-state index is 13.0. The van der Waals surface area contributed by atoms with Crippen LogP contribution in [0.15, 0.2) is 18.2 Å². The van der Waals surface area contributed by atoms with Gasteiger partial charge in [-0.3, -0.25) is 4.79 Å². The van der Waals surface area contributed by atoms with E-state index in [9.17, 15) is 4.79 Å². The van der Waals surface area contributed by atoms with Gasteiger partial charge < -0.3 is 20.1 Å². The number of carbonyl (C=O) groups excluding carboxylic acids is 1. The summed E-state index contributed by atoms with van der Waals surface area (Å²) < 4.78 is 11.7. The molecule has 0 spiro atoms. The van der Waals surface area contributed by atoms with Crippen molar-refractivity contribution >= 4 is 5.91 Å². The Labute approximate surface area is 173 Å². The fourth-order valence-corrected chi connectivity index (χ4v) is 6.63. The number of amides is 1. The van der Waals surface area contributed by atoms with Gasteiger partial charge in [0.1, 0.15) is 6.10 Å². The third-order valence-electron chi connectivity index (χ3n) is 7.87. The molecule has 1 amide bonds. The Bertz CT molecular complexity index is 736. The van der Waals surface area contributed by atoms with Crippen LogP contribution >= 0.6 is 0 Å². The Morgan fingerprint density at radius 2 is 1.79 bits per heavy atom. The molecule has 1 heterocycles. The molecule has 1 aromatic carbocycles. The minimum absolute atomic E-state index is 0.00868. The van der Waals surface area contributed by atoms with Crippen molar-refractivity contribution in [1.82, 2.24) is 10.6 Å². The molecule has 5 nitrogen and oxygen atoms in total. The third-order valence-corrected chi connectivity index (χ3v) is 7.87. The number of carbonyl (C=O) groups is 1. The van der Waals surface area contributed by atoms with Crippen LogP contribution in [0.5, 0.6) is 11.5 Å². The molecule has 2 atom stereocenters. The third kappa shape index (κ3) is 3.74. The van der Waals surface area contributed by atoms with E-state index in [4.69, 9.17) is 9.47 Å². The molecular formula is C24H34N2O3. The Morgan fingerprint density at radius 3 is 2.45 bits per heavy atom. The zero-order valence-corrected chi connectivity index (χ0v) is 17.7. The number of ether oxygens (including phenoxy) is 2. The minimum Gasteiger partial charge on any atom is -0.493 e. The Morgan fingerprint density at radius 1 is 1.07 bits per heavy atom. The lowest BCUT2D eigenvalue weighted by Crippen LogP contribution is -2.58. The molecule has 0 aromatic heterocycles. The van der Waals surface area contributed by atoms with E-state index < -0.39 is 0 Å². The van der Waals surface area contributed by atoms with Gasteiger partial charge in [0, 0.05) is 19.0 Å². The Hall–Kier alpha value is -1.75. The predicted molar refractivity (Wildman–Crippen MR) is 112 cm³/mol. The number of hydrogen-bond acceptors (Lipinski definition) is 4. The summed E-state index contributed by atoms with van der Waals surface area (Å²) in [5.41, 5.74) is 1.23. The first-order valence-electron chi connectivity index (χ1n) is 11.5. The molecule has 158 valence electrons. The van der Waals surface area contributed by atoms with Gasteiger partial charge in [0.2, 0.25) is 5.91 Å². The van der Waals surface area contributed by atoms with Crippen molar-refractivity contribution in [3.8, 4) is 11.5 Å². The van der Waals surface area contributed by atoms with Crippen LogP contribution < -0.4 is 20.1 Å². The van der Waals surface area contributed by atoms with E-state index in [2.05, 4.69) is 23.6 Å². The molecule has 4 bridgehead atoms. The highest BCUT2D eigenvalue weighted by Gasteiger charge is 2.49. The number of hydrogen-bond donors (Lipinski definition) is 2. The van der Waals surface area contributed by atoms with E-state index >= 15 is 0 Å². The van der Waals surface area contributed by atoms with Gasteiger partial charge in [-0.05, 0) is 79.9 Å². The first-order chi connectivity index (χ1) is 14.1. The number of benzene rings is 1. The van der Waals surface area contributed by atoms with Gasteiger partial charge in [-0.25, -0.2) is 0 Å². The number of nitrogens with one attached hydrogen (secondary N) is 2. The average Bonchev–Trinajstić information content (AvgIpc) is 3.19. The summed E-state index contributed by atoms with van der Waals surface area (Å²) in [4.78, 5) is 13.0.